The monoisotopic (exact) mass is 523 g/mol. The lowest BCUT2D eigenvalue weighted by molar-refractivity contribution is -0.125. The molecule has 1 aliphatic rings. The Labute approximate surface area is 216 Å². The normalized spacial score (nSPS) is 15.2. The van der Waals surface area contributed by atoms with Crippen LogP contribution in [0.5, 0.6) is 5.75 Å². The SMILES string of the molecule is [C-]#[N+]c1cc(-c2nc(-c3cccc4c3CCC[C@H]4NS(=O)(=O)CC(=O)N(C)C)no2)ccc1OC(C)C. The standard InChI is InChI=1S/C26H29N5O5S/c1-16(2)35-23-13-12-17(14-22(23)27-3)26-28-25(29-36-26)20-10-6-9-19-18(20)8-7-11-21(19)30-37(33,34)15-24(32)31(4)5/h6,9-10,12-14,16,21,30H,7-8,11,15H2,1-2,4-5H3/t21-/m1/s1. The Hall–Kier alpha value is -3.75. The fourth-order valence-corrected chi connectivity index (χ4v) is 5.62. The van der Waals surface area contributed by atoms with Gasteiger partial charge in [-0.15, -0.1) is 0 Å². The van der Waals surface area contributed by atoms with E-state index in [2.05, 4.69) is 19.7 Å². The van der Waals surface area contributed by atoms with E-state index < -0.39 is 27.7 Å². The predicted molar refractivity (Wildman–Crippen MR) is 138 cm³/mol. The van der Waals surface area contributed by atoms with Crippen LogP contribution in [0.2, 0.25) is 0 Å². The Bertz CT molecular complexity index is 1460. The number of aromatic nitrogens is 2. The molecule has 1 aromatic heterocycles. The molecule has 0 spiro atoms. The number of hydrogen-bond donors (Lipinski definition) is 1. The van der Waals surface area contributed by atoms with Crippen molar-refractivity contribution in [3.8, 4) is 28.6 Å². The highest BCUT2D eigenvalue weighted by Gasteiger charge is 2.29. The van der Waals surface area contributed by atoms with Crippen LogP contribution in [0.25, 0.3) is 27.7 Å². The molecule has 1 aliphatic carbocycles. The number of ether oxygens (including phenoxy) is 1. The van der Waals surface area contributed by atoms with Crippen LogP contribution in [0.3, 0.4) is 0 Å². The van der Waals surface area contributed by atoms with E-state index in [0.717, 1.165) is 29.5 Å². The van der Waals surface area contributed by atoms with Crippen molar-refractivity contribution >= 4 is 21.6 Å². The summed E-state index contributed by atoms with van der Waals surface area (Å²) < 4.78 is 39.2. The molecule has 37 heavy (non-hydrogen) atoms. The first-order valence-corrected chi connectivity index (χ1v) is 13.6. The highest BCUT2D eigenvalue weighted by atomic mass is 32.2. The molecule has 10 nitrogen and oxygen atoms in total. The summed E-state index contributed by atoms with van der Waals surface area (Å²) in [5.41, 5.74) is 3.48. The van der Waals surface area contributed by atoms with Gasteiger partial charge in [0, 0.05) is 31.3 Å². The molecule has 0 aliphatic heterocycles. The fourth-order valence-electron chi connectivity index (χ4n) is 4.27. The Morgan fingerprint density at radius 2 is 2.08 bits per heavy atom. The van der Waals surface area contributed by atoms with Crippen molar-refractivity contribution in [3.63, 3.8) is 0 Å². The molecule has 0 saturated heterocycles. The fraction of sp³-hybridized carbons (Fsp3) is 0.385. The Balaban J connectivity index is 1.62. The third-order valence-corrected chi connectivity index (χ3v) is 7.27. The highest BCUT2D eigenvalue weighted by Crippen LogP contribution is 2.37. The molecule has 1 N–H and O–H groups in total. The molecule has 0 radical (unpaired) electrons. The lowest BCUT2D eigenvalue weighted by Gasteiger charge is -2.27. The van der Waals surface area contributed by atoms with Crippen LogP contribution in [0.15, 0.2) is 40.9 Å². The smallest absolute Gasteiger partial charge is 0.256 e. The van der Waals surface area contributed by atoms with Crippen molar-refractivity contribution in [3.05, 3.63) is 58.9 Å². The number of rotatable bonds is 8. The van der Waals surface area contributed by atoms with E-state index in [4.69, 9.17) is 15.8 Å². The lowest BCUT2D eigenvalue weighted by atomic mass is 9.85. The third-order valence-electron chi connectivity index (χ3n) is 6.00. The molecule has 11 heteroatoms. The second-order valence-corrected chi connectivity index (χ2v) is 11.1. The largest absolute Gasteiger partial charge is 0.502 e. The molecule has 1 atom stereocenters. The quantitative estimate of drug-likeness (QED) is 0.441. The van der Waals surface area contributed by atoms with Crippen molar-refractivity contribution in [2.75, 3.05) is 19.8 Å². The van der Waals surface area contributed by atoms with Crippen molar-refractivity contribution in [1.29, 1.82) is 0 Å². The van der Waals surface area contributed by atoms with Gasteiger partial charge < -0.3 is 14.2 Å². The Morgan fingerprint density at radius 3 is 2.78 bits per heavy atom. The van der Waals surface area contributed by atoms with E-state index in [9.17, 15) is 13.2 Å². The van der Waals surface area contributed by atoms with Gasteiger partial charge in [-0.2, -0.15) is 4.98 Å². The summed E-state index contributed by atoms with van der Waals surface area (Å²) in [5.74, 6) is 0.0508. The maximum absolute atomic E-state index is 12.6. The zero-order valence-corrected chi connectivity index (χ0v) is 22.0. The van der Waals surface area contributed by atoms with E-state index in [1.165, 1.54) is 19.0 Å². The molecule has 0 bridgehead atoms. The first-order chi connectivity index (χ1) is 17.6. The molecular weight excluding hydrogens is 494 g/mol. The van der Waals surface area contributed by atoms with E-state index in [1.807, 2.05) is 32.0 Å². The summed E-state index contributed by atoms with van der Waals surface area (Å²) in [6, 6.07) is 10.3. The van der Waals surface area contributed by atoms with Gasteiger partial charge in [0.15, 0.2) is 0 Å². The van der Waals surface area contributed by atoms with Gasteiger partial charge in [-0.25, -0.2) is 18.0 Å². The third kappa shape index (κ3) is 5.98. The van der Waals surface area contributed by atoms with Crippen LogP contribution >= 0.6 is 0 Å². The summed E-state index contributed by atoms with van der Waals surface area (Å²) in [4.78, 5) is 21.3. The van der Waals surface area contributed by atoms with Gasteiger partial charge in [-0.3, -0.25) is 4.79 Å². The van der Waals surface area contributed by atoms with E-state index in [0.29, 0.717) is 29.2 Å². The summed E-state index contributed by atoms with van der Waals surface area (Å²) >= 11 is 0. The molecule has 1 heterocycles. The molecule has 0 unspecified atom stereocenters. The van der Waals surface area contributed by atoms with E-state index in [1.54, 1.807) is 18.2 Å². The first-order valence-electron chi connectivity index (χ1n) is 11.9. The minimum absolute atomic E-state index is 0.0626. The van der Waals surface area contributed by atoms with Crippen LogP contribution in [0.1, 0.15) is 43.9 Å². The van der Waals surface area contributed by atoms with Gasteiger partial charge in [0.2, 0.25) is 27.4 Å². The van der Waals surface area contributed by atoms with Crippen molar-refractivity contribution in [1.82, 2.24) is 19.8 Å². The molecule has 1 amide bonds. The number of benzene rings is 2. The Kier molecular flexibility index (Phi) is 7.61. The molecule has 0 saturated carbocycles. The topological polar surface area (TPSA) is 119 Å². The van der Waals surface area contributed by atoms with Crippen molar-refractivity contribution in [2.24, 2.45) is 0 Å². The number of sulfonamides is 1. The van der Waals surface area contributed by atoms with E-state index in [-0.39, 0.29) is 12.0 Å². The summed E-state index contributed by atoms with van der Waals surface area (Å²) in [7, 11) is -0.774. The van der Waals surface area contributed by atoms with Gasteiger partial charge >= 0.3 is 0 Å². The van der Waals surface area contributed by atoms with E-state index >= 15 is 0 Å². The molecule has 194 valence electrons. The zero-order chi connectivity index (χ0) is 26.7. The van der Waals surface area contributed by atoms with Gasteiger partial charge in [-0.1, -0.05) is 23.4 Å². The zero-order valence-electron chi connectivity index (χ0n) is 21.2. The molecule has 3 aromatic rings. The minimum Gasteiger partial charge on any atom is -0.502 e. The summed E-state index contributed by atoms with van der Waals surface area (Å²) in [5, 5.41) is 4.17. The Morgan fingerprint density at radius 1 is 1.30 bits per heavy atom. The van der Waals surface area contributed by atoms with Crippen LogP contribution in [0.4, 0.5) is 5.69 Å². The first kappa shape index (κ1) is 26.3. The predicted octanol–water partition coefficient (Wildman–Crippen LogP) is 4.13. The maximum atomic E-state index is 12.6. The number of nitrogens with zero attached hydrogens (tertiary/aromatic N) is 4. The van der Waals surface area contributed by atoms with Gasteiger partial charge in [0.1, 0.15) is 11.5 Å². The average Bonchev–Trinajstić information content (AvgIpc) is 3.33. The van der Waals surface area contributed by atoms with Crippen molar-refractivity contribution in [2.45, 2.75) is 45.3 Å². The minimum atomic E-state index is -3.82. The van der Waals surface area contributed by atoms with Crippen LogP contribution in [-0.4, -0.2) is 55.3 Å². The second-order valence-electron chi connectivity index (χ2n) is 9.37. The number of hydrogen-bond acceptors (Lipinski definition) is 7. The number of amides is 1. The molecule has 2 aromatic carbocycles. The van der Waals surface area contributed by atoms with Crippen LogP contribution < -0.4 is 9.46 Å². The van der Waals surface area contributed by atoms with Crippen molar-refractivity contribution < 1.29 is 22.5 Å². The highest BCUT2D eigenvalue weighted by molar-refractivity contribution is 7.90. The number of nitrogens with one attached hydrogen (secondary N) is 1. The lowest BCUT2D eigenvalue weighted by Crippen LogP contribution is -2.38. The van der Waals surface area contributed by atoms with Gasteiger partial charge in [0.05, 0.1) is 12.7 Å². The number of carbonyl (C=O) groups is 1. The molecule has 0 fully saturated rings. The summed E-state index contributed by atoms with van der Waals surface area (Å²) in [6.45, 7) is 11.3. The number of fused-ring (bicyclic) bond motifs is 1. The number of carbonyl (C=O) groups excluding carboxylic acids is 1. The summed E-state index contributed by atoms with van der Waals surface area (Å²) in [6.07, 6.45) is 2.04. The van der Waals surface area contributed by atoms with Gasteiger partial charge in [-0.05, 0) is 62.4 Å². The van der Waals surface area contributed by atoms with Crippen LogP contribution in [-0.2, 0) is 21.2 Å². The molecular formula is C26H29N5O5S. The average molecular weight is 524 g/mol. The van der Waals surface area contributed by atoms with Crippen LogP contribution in [0, 0.1) is 6.57 Å². The molecule has 4 rings (SSSR count). The van der Waals surface area contributed by atoms with Gasteiger partial charge in [0.25, 0.3) is 5.89 Å². The maximum Gasteiger partial charge on any atom is 0.256 e. The second kappa shape index (κ2) is 10.7.